The van der Waals surface area contributed by atoms with Crippen molar-refractivity contribution in [1.29, 1.82) is 0 Å². The average molecular weight is 360 g/mol. The first-order valence-electron chi connectivity index (χ1n) is 7.85. The van der Waals surface area contributed by atoms with Crippen LogP contribution in [0.1, 0.15) is 38.2 Å². The van der Waals surface area contributed by atoms with E-state index in [1.165, 1.54) is 12.3 Å². The normalized spacial score (nSPS) is 11.6. The molecule has 1 aromatic heterocycles. The molecule has 0 aliphatic heterocycles. The maximum absolute atomic E-state index is 13.7. The molecule has 1 heterocycles. The highest BCUT2D eigenvalue weighted by atomic mass is 19.4. The second-order valence-corrected chi connectivity index (χ2v) is 5.44. The van der Waals surface area contributed by atoms with Gasteiger partial charge in [0.1, 0.15) is 17.2 Å². The van der Waals surface area contributed by atoms with Crippen molar-refractivity contribution in [2.75, 3.05) is 6.61 Å². The Balaban J connectivity index is 2.18. The smallest absolute Gasteiger partial charge is 0.422 e. The standard InChI is InChI=1S/C17H17F5N2O/c1-2-3-4-5-8-25-14-6-7-23-16(24-14)11-9-12(18)15(13(19)10-11)17(20,21)22/h6-7,9-10H,2-5,8H2,1H3. The van der Waals surface area contributed by atoms with Crippen LogP contribution in [0, 0.1) is 11.6 Å². The minimum Gasteiger partial charge on any atom is -0.478 e. The van der Waals surface area contributed by atoms with Crippen LogP contribution >= 0.6 is 0 Å². The molecule has 0 N–H and O–H groups in total. The van der Waals surface area contributed by atoms with E-state index in [2.05, 4.69) is 16.9 Å². The van der Waals surface area contributed by atoms with E-state index >= 15 is 0 Å². The first-order chi connectivity index (χ1) is 11.8. The average Bonchev–Trinajstić information content (AvgIpc) is 2.53. The second-order valence-electron chi connectivity index (χ2n) is 5.44. The molecule has 136 valence electrons. The molecule has 25 heavy (non-hydrogen) atoms. The number of alkyl halides is 3. The first kappa shape index (κ1) is 19.1. The van der Waals surface area contributed by atoms with Gasteiger partial charge in [-0.1, -0.05) is 26.2 Å². The fourth-order valence-corrected chi connectivity index (χ4v) is 2.24. The molecule has 0 aliphatic carbocycles. The Hall–Kier alpha value is -2.25. The largest absolute Gasteiger partial charge is 0.478 e. The van der Waals surface area contributed by atoms with Gasteiger partial charge in [-0.15, -0.1) is 0 Å². The van der Waals surface area contributed by atoms with Crippen LogP contribution < -0.4 is 4.74 Å². The fraction of sp³-hybridized carbons (Fsp3) is 0.412. The summed E-state index contributed by atoms with van der Waals surface area (Å²) >= 11 is 0. The number of unbranched alkanes of at least 4 members (excludes halogenated alkanes) is 3. The van der Waals surface area contributed by atoms with Crippen LogP contribution in [0.15, 0.2) is 24.4 Å². The summed E-state index contributed by atoms with van der Waals surface area (Å²) in [5.41, 5.74) is -2.13. The molecule has 0 bridgehead atoms. The summed E-state index contributed by atoms with van der Waals surface area (Å²) in [6, 6.07) is 2.60. The monoisotopic (exact) mass is 360 g/mol. The van der Waals surface area contributed by atoms with Crippen molar-refractivity contribution in [1.82, 2.24) is 9.97 Å². The van der Waals surface area contributed by atoms with Crippen molar-refractivity contribution >= 4 is 0 Å². The summed E-state index contributed by atoms with van der Waals surface area (Å²) in [4.78, 5) is 7.82. The topological polar surface area (TPSA) is 35.0 Å². The van der Waals surface area contributed by atoms with Gasteiger partial charge in [-0.3, -0.25) is 0 Å². The summed E-state index contributed by atoms with van der Waals surface area (Å²) in [6.07, 6.45) is 0.208. The van der Waals surface area contributed by atoms with Gasteiger partial charge in [-0.25, -0.2) is 13.8 Å². The SMILES string of the molecule is CCCCCCOc1ccnc(-c2cc(F)c(C(F)(F)F)c(F)c2)n1. The fourth-order valence-electron chi connectivity index (χ4n) is 2.24. The van der Waals surface area contributed by atoms with E-state index in [0.29, 0.717) is 18.7 Å². The second kappa shape index (κ2) is 8.22. The van der Waals surface area contributed by atoms with Crippen molar-refractivity contribution in [3.05, 3.63) is 41.6 Å². The number of aromatic nitrogens is 2. The van der Waals surface area contributed by atoms with Crippen molar-refractivity contribution < 1.29 is 26.7 Å². The predicted molar refractivity (Wildman–Crippen MR) is 82.0 cm³/mol. The van der Waals surface area contributed by atoms with Crippen LogP contribution in [0.4, 0.5) is 22.0 Å². The van der Waals surface area contributed by atoms with E-state index in [1.807, 2.05) is 0 Å². The molecule has 0 unspecified atom stereocenters. The van der Waals surface area contributed by atoms with Crippen LogP contribution in [0.3, 0.4) is 0 Å². The third kappa shape index (κ3) is 5.11. The number of hydrogen-bond acceptors (Lipinski definition) is 3. The zero-order valence-corrected chi connectivity index (χ0v) is 13.5. The molecule has 2 rings (SSSR count). The number of benzene rings is 1. The lowest BCUT2D eigenvalue weighted by molar-refractivity contribution is -0.142. The van der Waals surface area contributed by atoms with Gasteiger partial charge in [0.2, 0.25) is 5.88 Å². The van der Waals surface area contributed by atoms with Crippen LogP contribution in [0.25, 0.3) is 11.4 Å². The molecule has 3 nitrogen and oxygen atoms in total. The van der Waals surface area contributed by atoms with Crippen molar-refractivity contribution in [3.63, 3.8) is 0 Å². The van der Waals surface area contributed by atoms with Crippen molar-refractivity contribution in [3.8, 4) is 17.3 Å². The summed E-state index contributed by atoms with van der Waals surface area (Å²) in [6.45, 7) is 2.51. The lowest BCUT2D eigenvalue weighted by atomic mass is 10.1. The summed E-state index contributed by atoms with van der Waals surface area (Å²) < 4.78 is 70.6. The first-order valence-corrected chi connectivity index (χ1v) is 7.85. The maximum atomic E-state index is 13.7. The Kier molecular flexibility index (Phi) is 6.27. The third-order valence-electron chi connectivity index (χ3n) is 3.46. The van der Waals surface area contributed by atoms with E-state index < -0.39 is 23.4 Å². The minimum absolute atomic E-state index is 0.113. The lowest BCUT2D eigenvalue weighted by Gasteiger charge is -2.11. The van der Waals surface area contributed by atoms with E-state index in [4.69, 9.17) is 4.74 Å². The van der Waals surface area contributed by atoms with Crippen molar-refractivity contribution in [2.45, 2.75) is 38.8 Å². The molecule has 0 saturated heterocycles. The molecule has 0 radical (unpaired) electrons. The summed E-state index contributed by atoms with van der Waals surface area (Å²) in [5.74, 6) is -3.34. The van der Waals surface area contributed by atoms with Gasteiger partial charge in [0.15, 0.2) is 5.82 Å². The molecule has 0 atom stereocenters. The number of hydrogen-bond donors (Lipinski definition) is 0. The molecule has 0 fully saturated rings. The van der Waals surface area contributed by atoms with Crippen LogP contribution in [0.5, 0.6) is 5.88 Å². The molecule has 0 aliphatic rings. The van der Waals surface area contributed by atoms with E-state index in [9.17, 15) is 22.0 Å². The quantitative estimate of drug-likeness (QED) is 0.490. The predicted octanol–water partition coefficient (Wildman–Crippen LogP) is 5.40. The molecular weight excluding hydrogens is 343 g/mol. The van der Waals surface area contributed by atoms with Gasteiger partial charge in [-0.2, -0.15) is 18.2 Å². The Morgan fingerprint density at radius 1 is 1.04 bits per heavy atom. The van der Waals surface area contributed by atoms with E-state index in [1.54, 1.807) is 0 Å². The van der Waals surface area contributed by atoms with Crippen LogP contribution in [-0.2, 0) is 6.18 Å². The van der Waals surface area contributed by atoms with Crippen molar-refractivity contribution in [2.24, 2.45) is 0 Å². The zero-order valence-electron chi connectivity index (χ0n) is 13.5. The Morgan fingerprint density at radius 3 is 2.32 bits per heavy atom. The number of nitrogens with zero attached hydrogens (tertiary/aromatic N) is 2. The summed E-state index contributed by atoms with van der Waals surface area (Å²) in [5, 5.41) is 0. The van der Waals surface area contributed by atoms with Gasteiger partial charge < -0.3 is 4.74 Å². The van der Waals surface area contributed by atoms with Gasteiger partial charge in [0.25, 0.3) is 0 Å². The Morgan fingerprint density at radius 2 is 1.72 bits per heavy atom. The molecule has 0 spiro atoms. The van der Waals surface area contributed by atoms with Crippen LogP contribution in [-0.4, -0.2) is 16.6 Å². The molecule has 0 amide bonds. The number of ether oxygens (including phenoxy) is 1. The highest BCUT2D eigenvalue weighted by molar-refractivity contribution is 5.56. The number of halogens is 5. The highest BCUT2D eigenvalue weighted by Gasteiger charge is 2.38. The molecule has 8 heteroatoms. The van der Waals surface area contributed by atoms with Gasteiger partial charge in [0.05, 0.1) is 6.61 Å². The van der Waals surface area contributed by atoms with E-state index in [0.717, 1.165) is 25.7 Å². The molecule has 0 saturated carbocycles. The Bertz CT molecular complexity index is 695. The number of rotatable bonds is 7. The third-order valence-corrected chi connectivity index (χ3v) is 3.46. The van der Waals surface area contributed by atoms with Crippen LogP contribution in [0.2, 0.25) is 0 Å². The highest BCUT2D eigenvalue weighted by Crippen LogP contribution is 2.35. The lowest BCUT2D eigenvalue weighted by Crippen LogP contribution is -2.11. The molecular formula is C17H17F5N2O. The van der Waals surface area contributed by atoms with E-state index in [-0.39, 0.29) is 17.3 Å². The molecule has 2 aromatic rings. The van der Waals surface area contributed by atoms with Gasteiger partial charge >= 0.3 is 6.18 Å². The maximum Gasteiger partial charge on any atom is 0.422 e. The Labute approximate surface area is 141 Å². The summed E-state index contributed by atoms with van der Waals surface area (Å²) in [7, 11) is 0. The van der Waals surface area contributed by atoms with Gasteiger partial charge in [0, 0.05) is 17.8 Å². The molecule has 1 aromatic carbocycles. The van der Waals surface area contributed by atoms with Gasteiger partial charge in [-0.05, 0) is 18.6 Å². The minimum atomic E-state index is -5.11. The zero-order chi connectivity index (χ0) is 18.4.